The highest BCUT2D eigenvalue weighted by molar-refractivity contribution is 7.07. The summed E-state index contributed by atoms with van der Waals surface area (Å²) >= 11 is 1.63. The first-order chi connectivity index (χ1) is 11.7. The molecule has 3 aromatic rings. The Bertz CT molecular complexity index is 923. The lowest BCUT2D eigenvalue weighted by Gasteiger charge is -2.29. The molecule has 0 saturated heterocycles. The van der Waals surface area contributed by atoms with Gasteiger partial charge >= 0.3 is 5.69 Å². The van der Waals surface area contributed by atoms with Gasteiger partial charge in [-0.2, -0.15) is 11.3 Å². The predicted octanol–water partition coefficient (Wildman–Crippen LogP) is 2.83. The minimum absolute atomic E-state index is 0.00575. The Morgan fingerprint density at radius 2 is 1.92 bits per heavy atom. The lowest BCUT2D eigenvalue weighted by atomic mass is 10.1. The van der Waals surface area contributed by atoms with Gasteiger partial charge in [0.1, 0.15) is 0 Å². The third kappa shape index (κ3) is 3.07. The summed E-state index contributed by atoms with van der Waals surface area (Å²) in [5.74, 6) is 0. The Labute approximate surface area is 144 Å². The summed E-state index contributed by atoms with van der Waals surface area (Å²) in [6, 6.07) is 9.20. The van der Waals surface area contributed by atoms with Crippen LogP contribution in [0.4, 0.5) is 0 Å². The molecule has 6 heteroatoms. The van der Waals surface area contributed by atoms with Crippen LogP contribution in [0.5, 0.6) is 0 Å². The average Bonchev–Trinajstić information content (AvgIpc) is 3.12. The van der Waals surface area contributed by atoms with E-state index in [1.165, 1.54) is 4.57 Å². The van der Waals surface area contributed by atoms with Crippen molar-refractivity contribution in [1.82, 2.24) is 14.5 Å². The van der Waals surface area contributed by atoms with Gasteiger partial charge in [-0.25, -0.2) is 4.79 Å². The Balaban J connectivity index is 2.09. The maximum atomic E-state index is 12.8. The van der Waals surface area contributed by atoms with Gasteiger partial charge in [-0.15, -0.1) is 0 Å². The molecule has 0 amide bonds. The molecule has 3 rings (SSSR count). The number of rotatable bonds is 6. The Morgan fingerprint density at radius 1 is 1.17 bits per heavy atom. The monoisotopic (exact) mass is 343 g/mol. The minimum Gasteiger partial charge on any atom is -0.307 e. The van der Waals surface area contributed by atoms with Crippen molar-refractivity contribution in [2.45, 2.75) is 26.4 Å². The molecule has 5 nitrogen and oxygen atoms in total. The Hall–Kier alpha value is -2.18. The summed E-state index contributed by atoms with van der Waals surface area (Å²) in [5.41, 5.74) is 1.13. The van der Waals surface area contributed by atoms with E-state index in [4.69, 9.17) is 0 Å². The van der Waals surface area contributed by atoms with Crippen LogP contribution in [-0.4, -0.2) is 27.5 Å². The molecule has 126 valence electrons. The van der Waals surface area contributed by atoms with Crippen LogP contribution in [0.25, 0.3) is 10.9 Å². The summed E-state index contributed by atoms with van der Waals surface area (Å²) in [7, 11) is 0. The number of thiophene rings is 1. The van der Waals surface area contributed by atoms with Crippen molar-refractivity contribution in [2.24, 2.45) is 0 Å². The molecule has 0 fully saturated rings. The summed E-state index contributed by atoms with van der Waals surface area (Å²) in [4.78, 5) is 30.3. The largest absolute Gasteiger partial charge is 0.328 e. The fourth-order valence-electron chi connectivity index (χ4n) is 3.10. The summed E-state index contributed by atoms with van der Waals surface area (Å²) in [6.07, 6.45) is 0. The van der Waals surface area contributed by atoms with E-state index in [-0.39, 0.29) is 17.3 Å². The highest BCUT2D eigenvalue weighted by Gasteiger charge is 2.21. The first-order valence-electron chi connectivity index (χ1n) is 8.13. The SMILES string of the molecule is CCN(CC)C(Cn1c(=O)[nH]c2ccccc2c1=O)c1ccsc1. The van der Waals surface area contributed by atoms with Crippen LogP contribution in [-0.2, 0) is 6.54 Å². The fourth-order valence-corrected chi connectivity index (χ4v) is 3.81. The first-order valence-corrected chi connectivity index (χ1v) is 9.08. The third-order valence-corrected chi connectivity index (χ3v) is 5.13. The Morgan fingerprint density at radius 3 is 2.58 bits per heavy atom. The van der Waals surface area contributed by atoms with Gasteiger partial charge < -0.3 is 4.98 Å². The molecule has 0 radical (unpaired) electrons. The summed E-state index contributed by atoms with van der Waals surface area (Å²) in [5, 5.41) is 4.66. The van der Waals surface area contributed by atoms with Crippen LogP contribution in [0.1, 0.15) is 25.5 Å². The van der Waals surface area contributed by atoms with Gasteiger partial charge in [-0.1, -0.05) is 26.0 Å². The quantitative estimate of drug-likeness (QED) is 0.749. The maximum Gasteiger partial charge on any atom is 0.328 e. The molecule has 24 heavy (non-hydrogen) atoms. The van der Waals surface area contributed by atoms with Gasteiger partial charge in [0.05, 0.1) is 23.5 Å². The van der Waals surface area contributed by atoms with E-state index in [0.717, 1.165) is 18.7 Å². The topological polar surface area (TPSA) is 58.1 Å². The highest BCUT2D eigenvalue weighted by Crippen LogP contribution is 2.24. The maximum absolute atomic E-state index is 12.8. The molecule has 0 aliphatic heterocycles. The fraction of sp³-hybridized carbons (Fsp3) is 0.333. The number of hydrogen-bond acceptors (Lipinski definition) is 4. The molecule has 0 aliphatic rings. The predicted molar refractivity (Wildman–Crippen MR) is 98.8 cm³/mol. The van der Waals surface area contributed by atoms with E-state index in [1.54, 1.807) is 23.5 Å². The van der Waals surface area contributed by atoms with Crippen molar-refractivity contribution in [3.05, 3.63) is 67.5 Å². The molecule has 1 unspecified atom stereocenters. The number of nitrogens with zero attached hydrogens (tertiary/aromatic N) is 2. The molecular formula is C18H21N3O2S. The van der Waals surface area contributed by atoms with Gasteiger partial charge in [0.25, 0.3) is 5.56 Å². The molecule has 0 bridgehead atoms. The number of benzene rings is 1. The van der Waals surface area contributed by atoms with E-state index >= 15 is 0 Å². The van der Waals surface area contributed by atoms with Crippen molar-refractivity contribution >= 4 is 22.2 Å². The average molecular weight is 343 g/mol. The highest BCUT2D eigenvalue weighted by atomic mass is 32.1. The standard InChI is InChI=1S/C18H21N3O2S/c1-3-20(4-2)16(13-9-10-24-12-13)11-21-17(22)14-7-5-6-8-15(14)19-18(21)23/h5-10,12,16H,3-4,11H2,1-2H3,(H,19,23). The van der Waals surface area contributed by atoms with E-state index in [9.17, 15) is 9.59 Å². The van der Waals surface area contributed by atoms with Crippen LogP contribution in [0, 0.1) is 0 Å². The van der Waals surface area contributed by atoms with E-state index in [1.807, 2.05) is 17.5 Å². The first kappa shape index (κ1) is 16.7. The van der Waals surface area contributed by atoms with Gasteiger partial charge in [0, 0.05) is 0 Å². The van der Waals surface area contributed by atoms with Crippen LogP contribution in [0.15, 0.2) is 50.7 Å². The Kier molecular flexibility index (Phi) is 4.97. The lowest BCUT2D eigenvalue weighted by Crippen LogP contribution is -2.40. The van der Waals surface area contributed by atoms with Gasteiger partial charge in [0.2, 0.25) is 0 Å². The van der Waals surface area contributed by atoms with Crippen molar-refractivity contribution in [3.8, 4) is 0 Å². The molecular weight excluding hydrogens is 322 g/mol. The van der Waals surface area contributed by atoms with Gasteiger partial charge in [-0.3, -0.25) is 14.3 Å². The third-order valence-electron chi connectivity index (χ3n) is 4.43. The molecule has 0 saturated carbocycles. The van der Waals surface area contributed by atoms with Crippen molar-refractivity contribution < 1.29 is 0 Å². The lowest BCUT2D eigenvalue weighted by molar-refractivity contribution is 0.195. The van der Waals surface area contributed by atoms with Crippen LogP contribution in [0.3, 0.4) is 0 Å². The number of likely N-dealkylation sites (N-methyl/N-ethyl adjacent to an activating group) is 1. The molecule has 0 spiro atoms. The van der Waals surface area contributed by atoms with E-state index < -0.39 is 0 Å². The summed E-state index contributed by atoms with van der Waals surface area (Å²) in [6.45, 7) is 6.25. The molecule has 0 aliphatic carbocycles. The number of aromatic nitrogens is 2. The smallest absolute Gasteiger partial charge is 0.307 e. The zero-order chi connectivity index (χ0) is 17.1. The molecule has 1 N–H and O–H groups in total. The molecule has 2 heterocycles. The number of fused-ring (bicyclic) bond motifs is 1. The second kappa shape index (κ2) is 7.15. The van der Waals surface area contributed by atoms with Crippen LogP contribution < -0.4 is 11.2 Å². The van der Waals surface area contributed by atoms with Crippen LogP contribution in [0.2, 0.25) is 0 Å². The number of nitrogens with one attached hydrogen (secondary N) is 1. The second-order valence-electron chi connectivity index (χ2n) is 5.69. The van der Waals surface area contributed by atoms with E-state index in [0.29, 0.717) is 17.4 Å². The number of aromatic amines is 1. The van der Waals surface area contributed by atoms with Gasteiger partial charge in [0.15, 0.2) is 0 Å². The van der Waals surface area contributed by atoms with Crippen molar-refractivity contribution in [2.75, 3.05) is 13.1 Å². The number of para-hydroxylation sites is 1. The normalized spacial score (nSPS) is 12.8. The van der Waals surface area contributed by atoms with Crippen LogP contribution >= 0.6 is 11.3 Å². The van der Waals surface area contributed by atoms with Crippen molar-refractivity contribution in [3.63, 3.8) is 0 Å². The molecule has 1 aromatic carbocycles. The zero-order valence-electron chi connectivity index (χ0n) is 13.9. The van der Waals surface area contributed by atoms with Crippen molar-refractivity contribution in [1.29, 1.82) is 0 Å². The number of hydrogen-bond donors (Lipinski definition) is 1. The molecule has 1 atom stereocenters. The van der Waals surface area contributed by atoms with E-state index in [2.05, 4.69) is 35.2 Å². The van der Waals surface area contributed by atoms with Gasteiger partial charge in [-0.05, 0) is 47.6 Å². The zero-order valence-corrected chi connectivity index (χ0v) is 14.7. The number of H-pyrrole nitrogens is 1. The summed E-state index contributed by atoms with van der Waals surface area (Å²) < 4.78 is 1.32. The molecule has 2 aromatic heterocycles. The minimum atomic E-state index is -0.355. The second-order valence-corrected chi connectivity index (χ2v) is 6.47.